The lowest BCUT2D eigenvalue weighted by atomic mass is 10.2. The molecule has 1 heterocycles. The van der Waals surface area contributed by atoms with E-state index in [1.807, 2.05) is 30.9 Å². The Hall–Kier alpha value is -0.540. The summed E-state index contributed by atoms with van der Waals surface area (Å²) in [5.74, 6) is 2.71. The van der Waals surface area contributed by atoms with E-state index in [1.165, 1.54) is 12.1 Å². The first-order chi connectivity index (χ1) is 10.1. The van der Waals surface area contributed by atoms with Gasteiger partial charge in [-0.1, -0.05) is 12.1 Å². The van der Waals surface area contributed by atoms with Crippen LogP contribution in [0.1, 0.15) is 5.56 Å². The summed E-state index contributed by atoms with van der Waals surface area (Å²) < 4.78 is 12.8. The molecule has 0 saturated carbocycles. The van der Waals surface area contributed by atoms with Crippen LogP contribution in [0.4, 0.5) is 4.39 Å². The van der Waals surface area contributed by atoms with Crippen LogP contribution < -0.4 is 5.73 Å². The number of likely N-dealkylation sites (N-methyl/N-ethyl adjacent to an activating group) is 1. The quantitative estimate of drug-likeness (QED) is 0.435. The molecule has 1 fully saturated rings. The molecule has 1 aliphatic rings. The van der Waals surface area contributed by atoms with Gasteiger partial charge in [0.25, 0.3) is 0 Å². The summed E-state index contributed by atoms with van der Waals surface area (Å²) >= 11 is 1.96. The van der Waals surface area contributed by atoms with Gasteiger partial charge < -0.3 is 15.5 Å². The van der Waals surface area contributed by atoms with Crippen molar-refractivity contribution in [1.29, 1.82) is 0 Å². The molecule has 0 aliphatic carbocycles. The second-order valence-corrected chi connectivity index (χ2v) is 6.43. The minimum Gasteiger partial charge on any atom is -0.370 e. The first kappa shape index (κ1) is 19.5. The third-order valence-corrected chi connectivity index (χ3v) is 4.40. The molecule has 1 aromatic rings. The first-order valence-corrected chi connectivity index (χ1v) is 8.36. The monoisotopic (exact) mass is 438 g/mol. The van der Waals surface area contributed by atoms with Gasteiger partial charge in [-0.2, -0.15) is 11.8 Å². The van der Waals surface area contributed by atoms with E-state index in [4.69, 9.17) is 5.73 Å². The van der Waals surface area contributed by atoms with E-state index in [0.29, 0.717) is 12.5 Å². The number of halogens is 2. The van der Waals surface area contributed by atoms with Crippen molar-refractivity contribution in [3.05, 3.63) is 35.6 Å². The van der Waals surface area contributed by atoms with Crippen LogP contribution in [0.5, 0.6) is 0 Å². The maximum atomic E-state index is 12.8. The highest BCUT2D eigenvalue weighted by atomic mass is 127. The Morgan fingerprint density at radius 2 is 1.95 bits per heavy atom. The molecule has 22 heavy (non-hydrogen) atoms. The normalized spacial score (nSPS) is 15.8. The molecule has 1 saturated heterocycles. The number of aliphatic imine (C=N–C) groups is 1. The van der Waals surface area contributed by atoms with Crippen LogP contribution in [-0.2, 0) is 6.54 Å². The van der Waals surface area contributed by atoms with Gasteiger partial charge in [-0.15, -0.1) is 24.0 Å². The van der Waals surface area contributed by atoms with Crippen LogP contribution in [0.2, 0.25) is 0 Å². The lowest BCUT2D eigenvalue weighted by Crippen LogP contribution is -2.43. The Morgan fingerprint density at radius 1 is 1.32 bits per heavy atom. The Labute approximate surface area is 153 Å². The SMILES string of the molecule is CN(CCN=C(N)N1CCSCC1)Cc1ccc(F)cc1.I. The molecule has 0 bridgehead atoms. The number of nitrogens with two attached hydrogens (primary N) is 1. The first-order valence-electron chi connectivity index (χ1n) is 7.21. The average Bonchev–Trinajstić information content (AvgIpc) is 2.50. The predicted molar refractivity (Wildman–Crippen MR) is 104 cm³/mol. The molecule has 2 N–H and O–H groups in total. The van der Waals surface area contributed by atoms with Gasteiger partial charge in [0.15, 0.2) is 5.96 Å². The second-order valence-electron chi connectivity index (χ2n) is 5.20. The fraction of sp³-hybridized carbons (Fsp3) is 0.533. The van der Waals surface area contributed by atoms with Gasteiger partial charge in [-0.3, -0.25) is 4.99 Å². The van der Waals surface area contributed by atoms with Gasteiger partial charge in [0, 0.05) is 37.7 Å². The fourth-order valence-electron chi connectivity index (χ4n) is 2.21. The number of rotatable bonds is 5. The third-order valence-electron chi connectivity index (χ3n) is 3.46. The summed E-state index contributed by atoms with van der Waals surface area (Å²) in [6.07, 6.45) is 0. The van der Waals surface area contributed by atoms with Crippen molar-refractivity contribution < 1.29 is 4.39 Å². The zero-order chi connectivity index (χ0) is 15.1. The highest BCUT2D eigenvalue weighted by Gasteiger charge is 2.11. The van der Waals surface area contributed by atoms with Crippen LogP contribution >= 0.6 is 35.7 Å². The summed E-state index contributed by atoms with van der Waals surface area (Å²) in [7, 11) is 2.03. The summed E-state index contributed by atoms with van der Waals surface area (Å²) in [6, 6.07) is 6.62. The van der Waals surface area contributed by atoms with Gasteiger partial charge in [-0.25, -0.2) is 4.39 Å². The van der Waals surface area contributed by atoms with Gasteiger partial charge in [-0.05, 0) is 24.7 Å². The van der Waals surface area contributed by atoms with Crippen LogP contribution in [-0.4, -0.2) is 60.5 Å². The lowest BCUT2D eigenvalue weighted by Gasteiger charge is -2.27. The maximum absolute atomic E-state index is 12.8. The van der Waals surface area contributed by atoms with E-state index in [2.05, 4.69) is 14.8 Å². The van der Waals surface area contributed by atoms with Gasteiger partial charge in [0.1, 0.15) is 5.82 Å². The molecule has 124 valence electrons. The molecule has 0 spiro atoms. The smallest absolute Gasteiger partial charge is 0.191 e. The zero-order valence-corrected chi connectivity index (χ0v) is 16.0. The highest BCUT2D eigenvalue weighted by Crippen LogP contribution is 2.08. The third kappa shape index (κ3) is 6.70. The number of hydrogen-bond donors (Lipinski definition) is 1. The van der Waals surface area contributed by atoms with Crippen molar-refractivity contribution >= 4 is 41.7 Å². The number of hydrogen-bond acceptors (Lipinski definition) is 3. The van der Waals surface area contributed by atoms with E-state index < -0.39 is 0 Å². The molecule has 0 unspecified atom stereocenters. The Balaban J connectivity index is 0.00000242. The summed E-state index contributed by atoms with van der Waals surface area (Å²) in [6.45, 7) is 4.29. The van der Waals surface area contributed by atoms with Crippen molar-refractivity contribution in [2.75, 3.05) is 44.7 Å². The summed E-state index contributed by atoms with van der Waals surface area (Å²) in [5.41, 5.74) is 7.11. The van der Waals surface area contributed by atoms with E-state index in [1.54, 1.807) is 0 Å². The minimum absolute atomic E-state index is 0. The van der Waals surface area contributed by atoms with Crippen molar-refractivity contribution in [3.8, 4) is 0 Å². The van der Waals surface area contributed by atoms with Crippen molar-refractivity contribution in [2.45, 2.75) is 6.54 Å². The standard InChI is InChI=1S/C15H23FN4S.HI/c1-19(12-13-2-4-14(16)5-3-13)7-6-18-15(17)20-8-10-21-11-9-20;/h2-5H,6-12H2,1H3,(H2,17,18);1H. The Kier molecular flexibility index (Phi) is 9.11. The molecular weight excluding hydrogens is 414 g/mol. The number of benzene rings is 1. The molecule has 0 aromatic heterocycles. The van der Waals surface area contributed by atoms with Gasteiger partial charge in [0.2, 0.25) is 0 Å². The highest BCUT2D eigenvalue weighted by molar-refractivity contribution is 14.0. The molecule has 4 nitrogen and oxygen atoms in total. The predicted octanol–water partition coefficient (Wildman–Crippen LogP) is 2.24. The Morgan fingerprint density at radius 3 is 2.59 bits per heavy atom. The maximum Gasteiger partial charge on any atom is 0.191 e. The van der Waals surface area contributed by atoms with Crippen molar-refractivity contribution in [2.24, 2.45) is 10.7 Å². The van der Waals surface area contributed by atoms with E-state index in [9.17, 15) is 4.39 Å². The van der Waals surface area contributed by atoms with Crippen molar-refractivity contribution in [1.82, 2.24) is 9.80 Å². The van der Waals surface area contributed by atoms with Gasteiger partial charge >= 0.3 is 0 Å². The molecular formula is C15H24FIN4S. The van der Waals surface area contributed by atoms with E-state index in [-0.39, 0.29) is 29.8 Å². The van der Waals surface area contributed by atoms with Crippen LogP contribution in [0.25, 0.3) is 0 Å². The molecule has 7 heteroatoms. The number of nitrogens with zero attached hydrogens (tertiary/aromatic N) is 3. The molecule has 0 atom stereocenters. The minimum atomic E-state index is -0.196. The number of guanidine groups is 1. The van der Waals surface area contributed by atoms with E-state index in [0.717, 1.165) is 43.2 Å². The van der Waals surface area contributed by atoms with Crippen LogP contribution in [0.3, 0.4) is 0 Å². The van der Waals surface area contributed by atoms with Crippen LogP contribution in [0, 0.1) is 5.82 Å². The molecule has 1 aliphatic heterocycles. The zero-order valence-electron chi connectivity index (χ0n) is 12.9. The topological polar surface area (TPSA) is 44.9 Å². The van der Waals surface area contributed by atoms with E-state index >= 15 is 0 Å². The number of thioether (sulfide) groups is 1. The summed E-state index contributed by atoms with van der Waals surface area (Å²) in [5, 5.41) is 0. The molecule has 1 aromatic carbocycles. The lowest BCUT2D eigenvalue weighted by molar-refractivity contribution is 0.335. The largest absolute Gasteiger partial charge is 0.370 e. The Bertz CT molecular complexity index is 463. The average molecular weight is 438 g/mol. The molecule has 2 rings (SSSR count). The fourth-order valence-corrected chi connectivity index (χ4v) is 3.11. The second kappa shape index (κ2) is 10.3. The van der Waals surface area contributed by atoms with Crippen LogP contribution in [0.15, 0.2) is 29.3 Å². The summed E-state index contributed by atoms with van der Waals surface area (Å²) in [4.78, 5) is 8.77. The van der Waals surface area contributed by atoms with Gasteiger partial charge in [0.05, 0.1) is 6.54 Å². The molecule has 0 radical (unpaired) electrons. The van der Waals surface area contributed by atoms with Crippen molar-refractivity contribution in [3.63, 3.8) is 0 Å². The molecule has 0 amide bonds.